The van der Waals surface area contributed by atoms with E-state index in [1.54, 1.807) is 0 Å². The number of para-hydroxylation sites is 1. The SMILES string of the molecule is O=C1Nc2cccc3c2C1(CCCN1CCc2c([nH]c4ccccc24)C1)CCC3. The molecule has 1 amide bonds. The first-order valence-electron chi connectivity index (χ1n) is 11.0. The van der Waals surface area contributed by atoms with Gasteiger partial charge in [0.15, 0.2) is 0 Å². The Balaban J connectivity index is 1.18. The average molecular weight is 386 g/mol. The molecule has 29 heavy (non-hydrogen) atoms. The Labute approximate surface area is 171 Å². The lowest BCUT2D eigenvalue weighted by molar-refractivity contribution is -0.121. The van der Waals surface area contributed by atoms with Gasteiger partial charge in [-0.25, -0.2) is 0 Å². The molecule has 148 valence electrons. The summed E-state index contributed by atoms with van der Waals surface area (Å²) in [6, 6.07) is 15.0. The van der Waals surface area contributed by atoms with Crippen LogP contribution in [0.2, 0.25) is 0 Å². The van der Waals surface area contributed by atoms with Crippen LogP contribution in [0, 0.1) is 0 Å². The number of hydrogen-bond acceptors (Lipinski definition) is 2. The molecule has 4 heteroatoms. The van der Waals surface area contributed by atoms with Crippen molar-refractivity contribution in [1.29, 1.82) is 0 Å². The molecule has 3 aliphatic rings. The minimum Gasteiger partial charge on any atom is -0.357 e. The van der Waals surface area contributed by atoms with Crippen LogP contribution in [0.3, 0.4) is 0 Å². The fraction of sp³-hybridized carbons (Fsp3) is 0.400. The van der Waals surface area contributed by atoms with Crippen LogP contribution in [-0.2, 0) is 29.6 Å². The number of benzene rings is 2. The Morgan fingerprint density at radius 2 is 2.00 bits per heavy atom. The van der Waals surface area contributed by atoms with Crippen LogP contribution in [0.15, 0.2) is 42.5 Å². The van der Waals surface area contributed by atoms with Crippen molar-refractivity contribution in [2.24, 2.45) is 0 Å². The number of hydrogen-bond donors (Lipinski definition) is 2. The largest absolute Gasteiger partial charge is 0.357 e. The zero-order valence-electron chi connectivity index (χ0n) is 16.8. The Hall–Kier alpha value is -2.59. The summed E-state index contributed by atoms with van der Waals surface area (Å²) in [7, 11) is 0. The first kappa shape index (κ1) is 17.3. The molecule has 3 heterocycles. The number of carbonyl (C=O) groups is 1. The van der Waals surface area contributed by atoms with Crippen molar-refractivity contribution in [2.75, 3.05) is 18.4 Å². The second-order valence-electron chi connectivity index (χ2n) is 8.99. The highest BCUT2D eigenvalue weighted by Crippen LogP contribution is 2.49. The highest BCUT2D eigenvalue weighted by Gasteiger charge is 2.48. The number of rotatable bonds is 4. The summed E-state index contributed by atoms with van der Waals surface area (Å²) in [5, 5.41) is 4.56. The number of aryl methyl sites for hydroxylation is 1. The van der Waals surface area contributed by atoms with E-state index in [1.165, 1.54) is 33.3 Å². The predicted octanol–water partition coefficient (Wildman–Crippen LogP) is 4.53. The summed E-state index contributed by atoms with van der Waals surface area (Å²) in [5.74, 6) is 0.233. The van der Waals surface area contributed by atoms with Crippen LogP contribution in [0.25, 0.3) is 10.9 Å². The summed E-state index contributed by atoms with van der Waals surface area (Å²) in [4.78, 5) is 19.2. The van der Waals surface area contributed by atoms with Gasteiger partial charge in [-0.3, -0.25) is 9.69 Å². The van der Waals surface area contributed by atoms with Crippen LogP contribution < -0.4 is 5.32 Å². The minimum absolute atomic E-state index is 0.233. The number of anilines is 1. The molecular formula is C25H27N3O. The zero-order chi connectivity index (χ0) is 19.4. The number of nitrogens with one attached hydrogen (secondary N) is 2. The standard InChI is InChI=1S/C25H27N3O/c29-24-25(12-4-7-17-6-3-10-21(27-24)23(17)25)13-5-14-28-15-11-19-18-8-1-2-9-20(18)26-22(19)16-28/h1-3,6,8-10,26H,4-5,7,11-16H2,(H,27,29). The normalized spacial score (nSPS) is 23.1. The lowest BCUT2D eigenvalue weighted by Gasteiger charge is -2.34. The van der Waals surface area contributed by atoms with Crippen LogP contribution in [0.1, 0.15) is 48.1 Å². The van der Waals surface area contributed by atoms with Gasteiger partial charge in [0.25, 0.3) is 0 Å². The molecular weight excluding hydrogens is 358 g/mol. The van der Waals surface area contributed by atoms with Crippen molar-refractivity contribution in [3.63, 3.8) is 0 Å². The lowest BCUT2D eigenvalue weighted by atomic mass is 9.68. The third-order valence-electron chi connectivity index (χ3n) is 7.40. The molecule has 0 radical (unpaired) electrons. The van der Waals surface area contributed by atoms with Crippen molar-refractivity contribution >= 4 is 22.5 Å². The molecule has 4 nitrogen and oxygen atoms in total. The molecule has 1 aromatic heterocycles. The molecule has 0 fully saturated rings. The van der Waals surface area contributed by atoms with E-state index in [1.807, 2.05) is 0 Å². The topological polar surface area (TPSA) is 48.1 Å². The van der Waals surface area contributed by atoms with Crippen molar-refractivity contribution in [1.82, 2.24) is 9.88 Å². The number of H-pyrrole nitrogens is 1. The van der Waals surface area contributed by atoms with Gasteiger partial charge in [-0.15, -0.1) is 0 Å². The van der Waals surface area contributed by atoms with E-state index in [-0.39, 0.29) is 11.3 Å². The van der Waals surface area contributed by atoms with Gasteiger partial charge < -0.3 is 10.3 Å². The van der Waals surface area contributed by atoms with Gasteiger partial charge in [0, 0.05) is 35.4 Å². The smallest absolute Gasteiger partial charge is 0.235 e. The number of carbonyl (C=O) groups excluding carboxylic acids is 1. The monoisotopic (exact) mass is 385 g/mol. The van der Waals surface area contributed by atoms with E-state index in [0.717, 1.165) is 63.8 Å². The van der Waals surface area contributed by atoms with E-state index in [9.17, 15) is 4.79 Å². The second kappa shape index (κ2) is 6.46. The van der Waals surface area contributed by atoms with E-state index >= 15 is 0 Å². The number of amides is 1. The highest BCUT2D eigenvalue weighted by atomic mass is 16.2. The highest BCUT2D eigenvalue weighted by molar-refractivity contribution is 6.07. The summed E-state index contributed by atoms with van der Waals surface area (Å²) < 4.78 is 0. The molecule has 6 rings (SSSR count). The first-order chi connectivity index (χ1) is 14.2. The van der Waals surface area contributed by atoms with Crippen LogP contribution in [0.5, 0.6) is 0 Å². The Kier molecular flexibility index (Phi) is 3.85. The minimum atomic E-state index is -0.285. The summed E-state index contributed by atoms with van der Waals surface area (Å²) in [6.45, 7) is 3.16. The maximum absolute atomic E-state index is 13.0. The number of aromatic amines is 1. The maximum Gasteiger partial charge on any atom is 0.235 e. The molecule has 2 N–H and O–H groups in total. The van der Waals surface area contributed by atoms with Crippen LogP contribution >= 0.6 is 0 Å². The van der Waals surface area contributed by atoms with Crippen molar-refractivity contribution in [2.45, 2.75) is 50.5 Å². The van der Waals surface area contributed by atoms with E-state index in [0.29, 0.717) is 0 Å². The molecule has 0 bridgehead atoms. The Bertz CT molecular complexity index is 1110. The van der Waals surface area contributed by atoms with Crippen molar-refractivity contribution in [3.8, 4) is 0 Å². The van der Waals surface area contributed by atoms with Gasteiger partial charge in [0.2, 0.25) is 5.91 Å². The molecule has 1 aliphatic carbocycles. The quantitative estimate of drug-likeness (QED) is 0.693. The average Bonchev–Trinajstić information content (AvgIpc) is 3.25. The molecule has 0 saturated heterocycles. The number of aromatic nitrogens is 1. The van der Waals surface area contributed by atoms with E-state index < -0.39 is 0 Å². The fourth-order valence-corrected chi connectivity index (χ4v) is 6.06. The Morgan fingerprint density at radius 1 is 1.07 bits per heavy atom. The second-order valence-corrected chi connectivity index (χ2v) is 8.99. The molecule has 0 spiro atoms. The van der Waals surface area contributed by atoms with Gasteiger partial charge in [-0.2, -0.15) is 0 Å². The first-order valence-corrected chi connectivity index (χ1v) is 11.0. The molecule has 1 unspecified atom stereocenters. The van der Waals surface area contributed by atoms with Crippen LogP contribution in [0.4, 0.5) is 5.69 Å². The fourth-order valence-electron chi connectivity index (χ4n) is 6.06. The van der Waals surface area contributed by atoms with Crippen molar-refractivity contribution < 1.29 is 4.79 Å². The van der Waals surface area contributed by atoms with Crippen molar-refractivity contribution in [3.05, 3.63) is 64.8 Å². The molecule has 2 aliphatic heterocycles. The maximum atomic E-state index is 13.0. The molecule has 3 aromatic rings. The lowest BCUT2D eigenvalue weighted by Crippen LogP contribution is -2.38. The third-order valence-corrected chi connectivity index (χ3v) is 7.40. The summed E-state index contributed by atoms with van der Waals surface area (Å²) in [5.41, 5.74) is 7.60. The van der Waals surface area contributed by atoms with Gasteiger partial charge >= 0.3 is 0 Å². The summed E-state index contributed by atoms with van der Waals surface area (Å²) >= 11 is 0. The molecule has 1 atom stereocenters. The van der Waals surface area contributed by atoms with E-state index in [4.69, 9.17) is 0 Å². The van der Waals surface area contributed by atoms with Gasteiger partial charge in [-0.1, -0.05) is 30.3 Å². The number of nitrogens with zero attached hydrogens (tertiary/aromatic N) is 1. The molecule has 0 saturated carbocycles. The van der Waals surface area contributed by atoms with Crippen LogP contribution in [-0.4, -0.2) is 28.9 Å². The van der Waals surface area contributed by atoms with Gasteiger partial charge in [0.05, 0.1) is 5.41 Å². The van der Waals surface area contributed by atoms with Gasteiger partial charge in [0.1, 0.15) is 0 Å². The third kappa shape index (κ3) is 2.58. The predicted molar refractivity (Wildman–Crippen MR) is 116 cm³/mol. The van der Waals surface area contributed by atoms with Gasteiger partial charge in [-0.05, 0) is 73.9 Å². The summed E-state index contributed by atoms with van der Waals surface area (Å²) in [6.07, 6.45) is 6.35. The molecule has 2 aromatic carbocycles. The zero-order valence-corrected chi connectivity index (χ0v) is 16.8. The number of fused-ring (bicyclic) bond motifs is 3. The Morgan fingerprint density at radius 3 is 2.97 bits per heavy atom. The van der Waals surface area contributed by atoms with E-state index in [2.05, 4.69) is 57.7 Å².